The van der Waals surface area contributed by atoms with Crippen molar-refractivity contribution >= 4 is 29.4 Å². The van der Waals surface area contributed by atoms with Crippen LogP contribution in [0.25, 0.3) is 11.3 Å². The van der Waals surface area contributed by atoms with E-state index in [1.54, 1.807) is 18.1 Å². The minimum absolute atomic E-state index is 0.0101. The van der Waals surface area contributed by atoms with Gasteiger partial charge in [0.2, 0.25) is 0 Å². The Labute approximate surface area is 179 Å². The van der Waals surface area contributed by atoms with Crippen LogP contribution in [0.2, 0.25) is 0 Å². The molecule has 2 heterocycles. The minimum atomic E-state index is -0.397. The van der Waals surface area contributed by atoms with E-state index in [2.05, 4.69) is 26.9 Å². The summed E-state index contributed by atoms with van der Waals surface area (Å²) in [6.07, 6.45) is 1.57. The Hall–Kier alpha value is -2.94. The fraction of sp³-hybridized carbons (Fsp3) is 0.227. The summed E-state index contributed by atoms with van der Waals surface area (Å²) < 4.78 is 8.64. The Morgan fingerprint density at radius 3 is 2.47 bits per heavy atom. The first-order valence-electron chi connectivity index (χ1n) is 9.55. The number of aromatic nitrogens is 2. The SMILES string of the molecule is Cc1ccc(-c2cnc(N)c(C(=O)Nc3ccc(SNC4(C)COC4)cc3)n2)cc1. The highest BCUT2D eigenvalue weighted by atomic mass is 32.2. The summed E-state index contributed by atoms with van der Waals surface area (Å²) in [6.45, 7) is 5.55. The number of rotatable bonds is 6. The van der Waals surface area contributed by atoms with Crippen molar-refractivity contribution in [2.75, 3.05) is 24.3 Å². The topological polar surface area (TPSA) is 102 Å². The number of nitrogens with one attached hydrogen (secondary N) is 2. The molecule has 0 aliphatic carbocycles. The van der Waals surface area contributed by atoms with Gasteiger partial charge in [-0.3, -0.25) is 4.79 Å². The zero-order chi connectivity index (χ0) is 21.1. The van der Waals surface area contributed by atoms with Crippen molar-refractivity contribution in [1.82, 2.24) is 14.7 Å². The second-order valence-electron chi connectivity index (χ2n) is 7.59. The fourth-order valence-corrected chi connectivity index (χ4v) is 3.63. The van der Waals surface area contributed by atoms with E-state index >= 15 is 0 Å². The quantitative estimate of drug-likeness (QED) is 0.522. The number of ether oxygens (including phenoxy) is 1. The van der Waals surface area contributed by atoms with Gasteiger partial charge < -0.3 is 15.8 Å². The maximum atomic E-state index is 12.7. The van der Waals surface area contributed by atoms with Crippen LogP contribution < -0.4 is 15.8 Å². The summed E-state index contributed by atoms with van der Waals surface area (Å²) in [4.78, 5) is 22.4. The van der Waals surface area contributed by atoms with E-state index in [9.17, 15) is 4.79 Å². The van der Waals surface area contributed by atoms with Crippen LogP contribution in [0, 0.1) is 6.92 Å². The van der Waals surface area contributed by atoms with E-state index in [0.29, 0.717) is 24.6 Å². The predicted octanol–water partition coefficient (Wildman–Crippen LogP) is 3.67. The van der Waals surface area contributed by atoms with Crippen molar-refractivity contribution in [2.24, 2.45) is 0 Å². The van der Waals surface area contributed by atoms with E-state index in [-0.39, 0.29) is 17.1 Å². The van der Waals surface area contributed by atoms with E-state index < -0.39 is 5.91 Å². The monoisotopic (exact) mass is 421 g/mol. The summed E-state index contributed by atoms with van der Waals surface area (Å²) in [5.41, 5.74) is 9.30. The van der Waals surface area contributed by atoms with Crippen LogP contribution in [-0.4, -0.2) is 34.6 Å². The molecule has 8 heteroatoms. The number of carbonyl (C=O) groups excluding carboxylic acids is 1. The van der Waals surface area contributed by atoms with E-state index in [1.807, 2.05) is 55.5 Å². The molecule has 1 aliphatic heterocycles. The second kappa shape index (κ2) is 8.43. The highest BCUT2D eigenvalue weighted by Crippen LogP contribution is 2.25. The molecular formula is C22H23N5O2S. The number of aryl methyl sites for hydroxylation is 1. The molecule has 1 amide bonds. The first-order chi connectivity index (χ1) is 14.4. The molecule has 0 spiro atoms. The van der Waals surface area contributed by atoms with Crippen molar-refractivity contribution < 1.29 is 9.53 Å². The number of hydrogen-bond donors (Lipinski definition) is 3. The highest BCUT2D eigenvalue weighted by Gasteiger charge is 2.33. The molecular weight excluding hydrogens is 398 g/mol. The molecule has 0 saturated carbocycles. The number of nitrogens with two attached hydrogens (primary N) is 1. The molecule has 7 nitrogen and oxygen atoms in total. The van der Waals surface area contributed by atoms with Crippen LogP contribution in [0.15, 0.2) is 59.6 Å². The van der Waals surface area contributed by atoms with Gasteiger partial charge in [0, 0.05) is 16.1 Å². The maximum absolute atomic E-state index is 12.7. The lowest BCUT2D eigenvalue weighted by atomic mass is 10.0. The number of carbonyl (C=O) groups is 1. The van der Waals surface area contributed by atoms with Crippen LogP contribution in [0.5, 0.6) is 0 Å². The predicted molar refractivity (Wildman–Crippen MR) is 119 cm³/mol. The maximum Gasteiger partial charge on any atom is 0.278 e. The van der Waals surface area contributed by atoms with E-state index in [1.165, 1.54) is 0 Å². The normalized spacial score (nSPS) is 14.7. The summed E-state index contributed by atoms with van der Waals surface area (Å²) in [7, 11) is 0. The summed E-state index contributed by atoms with van der Waals surface area (Å²) in [5, 5.41) is 2.84. The first kappa shape index (κ1) is 20.3. The summed E-state index contributed by atoms with van der Waals surface area (Å²) >= 11 is 1.55. The van der Waals surface area contributed by atoms with Gasteiger partial charge in [-0.2, -0.15) is 0 Å². The second-order valence-corrected chi connectivity index (χ2v) is 8.47. The number of amides is 1. The number of nitrogen functional groups attached to an aromatic ring is 1. The average Bonchev–Trinajstić information content (AvgIpc) is 2.73. The molecule has 1 aliphatic rings. The molecule has 0 unspecified atom stereocenters. The zero-order valence-corrected chi connectivity index (χ0v) is 17.6. The van der Waals surface area contributed by atoms with Gasteiger partial charge in [0.1, 0.15) is 0 Å². The molecule has 1 aromatic heterocycles. The third kappa shape index (κ3) is 4.62. The van der Waals surface area contributed by atoms with Crippen LogP contribution >= 0.6 is 11.9 Å². The Balaban J connectivity index is 1.44. The minimum Gasteiger partial charge on any atom is -0.382 e. The number of benzene rings is 2. The third-order valence-corrected chi connectivity index (χ3v) is 5.83. The Morgan fingerprint density at radius 1 is 1.13 bits per heavy atom. The van der Waals surface area contributed by atoms with Crippen molar-refractivity contribution in [3.63, 3.8) is 0 Å². The van der Waals surface area contributed by atoms with Crippen molar-refractivity contribution in [3.05, 3.63) is 66.0 Å². The lowest BCUT2D eigenvalue weighted by Crippen LogP contribution is -2.55. The van der Waals surface area contributed by atoms with Gasteiger partial charge in [0.15, 0.2) is 11.5 Å². The Morgan fingerprint density at radius 2 is 1.83 bits per heavy atom. The molecule has 30 heavy (non-hydrogen) atoms. The zero-order valence-electron chi connectivity index (χ0n) is 16.8. The molecule has 1 fully saturated rings. The largest absolute Gasteiger partial charge is 0.382 e. The fourth-order valence-electron chi connectivity index (χ4n) is 2.87. The standard InChI is InChI=1S/C22H23N5O2S/c1-14-3-5-15(6-4-14)18-11-24-20(23)19(26-18)21(28)25-16-7-9-17(10-8-16)30-27-22(2)12-29-13-22/h3-11,27H,12-13H2,1-2H3,(H2,23,24)(H,25,28). The molecule has 3 aromatic rings. The van der Waals surface area contributed by atoms with Gasteiger partial charge in [0.25, 0.3) is 5.91 Å². The van der Waals surface area contributed by atoms with Gasteiger partial charge in [-0.05, 0) is 50.1 Å². The molecule has 0 atom stereocenters. The number of hydrogen-bond acceptors (Lipinski definition) is 7. The van der Waals surface area contributed by atoms with Crippen LogP contribution in [-0.2, 0) is 4.74 Å². The molecule has 4 N–H and O–H groups in total. The summed E-state index contributed by atoms with van der Waals surface area (Å²) in [6, 6.07) is 15.4. The van der Waals surface area contributed by atoms with Gasteiger partial charge in [-0.15, -0.1) is 0 Å². The average molecular weight is 422 g/mol. The van der Waals surface area contributed by atoms with Crippen LogP contribution in [0.1, 0.15) is 23.0 Å². The smallest absolute Gasteiger partial charge is 0.278 e. The molecule has 1 saturated heterocycles. The highest BCUT2D eigenvalue weighted by molar-refractivity contribution is 7.97. The lowest BCUT2D eigenvalue weighted by Gasteiger charge is -2.38. The van der Waals surface area contributed by atoms with E-state index in [0.717, 1.165) is 16.0 Å². The van der Waals surface area contributed by atoms with Gasteiger partial charge in [0.05, 0.1) is 30.6 Å². The van der Waals surface area contributed by atoms with Gasteiger partial charge in [-0.1, -0.05) is 29.8 Å². The molecule has 4 rings (SSSR count). The number of anilines is 2. The number of nitrogens with zero attached hydrogens (tertiary/aromatic N) is 2. The molecule has 0 bridgehead atoms. The van der Waals surface area contributed by atoms with E-state index in [4.69, 9.17) is 10.5 Å². The molecule has 154 valence electrons. The lowest BCUT2D eigenvalue weighted by molar-refractivity contribution is -0.0510. The van der Waals surface area contributed by atoms with Crippen molar-refractivity contribution in [1.29, 1.82) is 0 Å². The molecule has 0 radical (unpaired) electrons. The Bertz CT molecular complexity index is 1050. The van der Waals surface area contributed by atoms with Crippen LogP contribution in [0.4, 0.5) is 11.5 Å². The summed E-state index contributed by atoms with van der Waals surface area (Å²) in [5.74, 6) is -0.303. The van der Waals surface area contributed by atoms with Crippen molar-refractivity contribution in [2.45, 2.75) is 24.3 Å². The first-order valence-corrected chi connectivity index (χ1v) is 10.4. The van der Waals surface area contributed by atoms with Gasteiger partial charge in [-0.25, -0.2) is 14.7 Å². The molecule has 2 aromatic carbocycles. The van der Waals surface area contributed by atoms with Gasteiger partial charge >= 0.3 is 0 Å². The Kier molecular flexibility index (Phi) is 5.72. The van der Waals surface area contributed by atoms with Crippen LogP contribution in [0.3, 0.4) is 0 Å². The van der Waals surface area contributed by atoms with Crippen molar-refractivity contribution in [3.8, 4) is 11.3 Å². The third-order valence-electron chi connectivity index (χ3n) is 4.73.